The lowest BCUT2D eigenvalue weighted by Crippen LogP contribution is -2.23. The van der Waals surface area contributed by atoms with Crippen LogP contribution in [0.2, 0.25) is 0 Å². The molecule has 2 aromatic carbocycles. The number of thioether (sulfide) groups is 1. The van der Waals surface area contributed by atoms with E-state index in [4.69, 9.17) is 0 Å². The molecule has 0 radical (unpaired) electrons. The fourth-order valence-electron chi connectivity index (χ4n) is 2.75. The molecule has 0 saturated carbocycles. The van der Waals surface area contributed by atoms with Gasteiger partial charge >= 0.3 is 0 Å². The Bertz CT molecular complexity index is 1210. The first kappa shape index (κ1) is 18.8. The van der Waals surface area contributed by atoms with Crippen LogP contribution < -0.4 is 5.32 Å². The van der Waals surface area contributed by atoms with Gasteiger partial charge in [0, 0.05) is 9.86 Å². The van der Waals surface area contributed by atoms with E-state index in [0.29, 0.717) is 21.1 Å². The van der Waals surface area contributed by atoms with Gasteiger partial charge in [-0.2, -0.15) is 4.52 Å². The van der Waals surface area contributed by atoms with E-state index >= 15 is 0 Å². The van der Waals surface area contributed by atoms with Crippen molar-refractivity contribution in [3.05, 3.63) is 58.6 Å². The first-order valence-electron chi connectivity index (χ1n) is 8.47. The monoisotopic (exact) mass is 459 g/mol. The second-order valence-corrected chi connectivity index (χ2v) is 8.40. The number of hydrogen-bond acceptors (Lipinski definition) is 5. The lowest BCUT2D eigenvalue weighted by atomic mass is 10.2. The standard InChI is InChI=1S/C19H15BrFN5OS/c1-10(18(27)23-16-8-7-12(20)9-14(16)21)28-19-24-15-6-4-3-5-13(15)17-22-11(2)25-26(17)19/h3-10H,1-2H3,(H,23,27). The molecule has 0 spiro atoms. The zero-order valence-corrected chi connectivity index (χ0v) is 17.4. The number of rotatable bonds is 4. The van der Waals surface area contributed by atoms with Gasteiger partial charge in [-0.15, -0.1) is 5.10 Å². The molecule has 1 N–H and O–H groups in total. The summed E-state index contributed by atoms with van der Waals surface area (Å²) < 4.78 is 16.3. The maximum Gasteiger partial charge on any atom is 0.237 e. The zero-order chi connectivity index (χ0) is 19.8. The lowest BCUT2D eigenvalue weighted by Gasteiger charge is -2.13. The third kappa shape index (κ3) is 3.59. The van der Waals surface area contributed by atoms with Gasteiger partial charge in [0.05, 0.1) is 16.5 Å². The topological polar surface area (TPSA) is 72.2 Å². The summed E-state index contributed by atoms with van der Waals surface area (Å²) in [6, 6.07) is 12.1. The Labute approximate surface area is 172 Å². The van der Waals surface area contributed by atoms with E-state index in [1.807, 2.05) is 31.2 Å². The fourth-order valence-corrected chi connectivity index (χ4v) is 3.94. The molecular formula is C19H15BrFN5OS. The van der Waals surface area contributed by atoms with Gasteiger partial charge < -0.3 is 5.32 Å². The summed E-state index contributed by atoms with van der Waals surface area (Å²) in [6.07, 6.45) is 0. The zero-order valence-electron chi connectivity index (χ0n) is 15.0. The minimum Gasteiger partial charge on any atom is -0.323 e. The Morgan fingerprint density at radius 2 is 2.04 bits per heavy atom. The van der Waals surface area contributed by atoms with Crippen LogP contribution in [-0.4, -0.2) is 30.7 Å². The average molecular weight is 460 g/mol. The molecule has 0 saturated heterocycles. The van der Waals surface area contributed by atoms with Crippen molar-refractivity contribution in [2.75, 3.05) is 5.32 Å². The molecular weight excluding hydrogens is 445 g/mol. The van der Waals surface area contributed by atoms with Crippen LogP contribution in [0.4, 0.5) is 10.1 Å². The van der Waals surface area contributed by atoms with Crippen LogP contribution in [0.1, 0.15) is 12.7 Å². The van der Waals surface area contributed by atoms with Crippen LogP contribution in [0, 0.1) is 12.7 Å². The summed E-state index contributed by atoms with van der Waals surface area (Å²) in [5, 5.41) is 7.94. The Morgan fingerprint density at radius 3 is 2.82 bits per heavy atom. The normalized spacial score (nSPS) is 12.4. The van der Waals surface area contributed by atoms with Crippen LogP contribution in [0.3, 0.4) is 0 Å². The Hall–Kier alpha value is -2.52. The van der Waals surface area contributed by atoms with Crippen molar-refractivity contribution in [1.29, 1.82) is 0 Å². The van der Waals surface area contributed by atoms with E-state index in [-0.39, 0.29) is 11.6 Å². The van der Waals surface area contributed by atoms with Gasteiger partial charge in [-0.25, -0.2) is 14.4 Å². The average Bonchev–Trinajstić information content (AvgIpc) is 3.06. The third-order valence-corrected chi connectivity index (χ3v) is 5.63. The number of amides is 1. The number of nitrogens with one attached hydrogen (secondary N) is 1. The summed E-state index contributed by atoms with van der Waals surface area (Å²) in [5.74, 6) is -0.210. The van der Waals surface area contributed by atoms with E-state index < -0.39 is 11.1 Å². The number of anilines is 1. The molecule has 142 valence electrons. The third-order valence-electron chi connectivity index (χ3n) is 4.10. The van der Waals surface area contributed by atoms with Gasteiger partial charge in [0.25, 0.3) is 0 Å². The van der Waals surface area contributed by atoms with Gasteiger partial charge in [0.15, 0.2) is 10.8 Å². The molecule has 0 fully saturated rings. The summed E-state index contributed by atoms with van der Waals surface area (Å²) in [5.41, 5.74) is 1.60. The van der Waals surface area contributed by atoms with Crippen molar-refractivity contribution >= 4 is 55.8 Å². The first-order chi connectivity index (χ1) is 13.4. The number of aromatic nitrogens is 4. The number of para-hydroxylation sites is 1. The molecule has 9 heteroatoms. The number of nitrogens with zero attached hydrogens (tertiary/aromatic N) is 4. The van der Waals surface area contributed by atoms with Crippen molar-refractivity contribution < 1.29 is 9.18 Å². The highest BCUT2D eigenvalue weighted by Crippen LogP contribution is 2.28. The van der Waals surface area contributed by atoms with E-state index in [1.165, 1.54) is 23.9 Å². The SMILES string of the molecule is Cc1nc2c3ccccc3nc(SC(C)C(=O)Nc3ccc(Br)cc3F)n2n1. The van der Waals surface area contributed by atoms with E-state index in [1.54, 1.807) is 17.5 Å². The molecule has 0 aliphatic carbocycles. The molecule has 4 rings (SSSR count). The van der Waals surface area contributed by atoms with Gasteiger partial charge in [0.2, 0.25) is 5.91 Å². The van der Waals surface area contributed by atoms with Crippen molar-refractivity contribution in [3.63, 3.8) is 0 Å². The van der Waals surface area contributed by atoms with Gasteiger partial charge in [-0.3, -0.25) is 4.79 Å². The number of hydrogen-bond donors (Lipinski definition) is 1. The Balaban J connectivity index is 1.64. The van der Waals surface area contributed by atoms with Crippen molar-refractivity contribution in [3.8, 4) is 0 Å². The minimum atomic E-state index is -0.524. The van der Waals surface area contributed by atoms with Gasteiger partial charge in [-0.1, -0.05) is 39.8 Å². The molecule has 6 nitrogen and oxygen atoms in total. The van der Waals surface area contributed by atoms with E-state index in [0.717, 1.165) is 10.9 Å². The summed E-state index contributed by atoms with van der Waals surface area (Å²) in [6.45, 7) is 3.55. The number of carbonyl (C=O) groups is 1. The Morgan fingerprint density at radius 1 is 1.25 bits per heavy atom. The molecule has 0 bridgehead atoms. The number of benzene rings is 2. The van der Waals surface area contributed by atoms with Crippen LogP contribution in [0.25, 0.3) is 16.6 Å². The molecule has 1 atom stereocenters. The highest BCUT2D eigenvalue weighted by Gasteiger charge is 2.20. The van der Waals surface area contributed by atoms with Crippen LogP contribution in [0.5, 0.6) is 0 Å². The summed E-state index contributed by atoms with van der Waals surface area (Å²) in [7, 11) is 0. The Kier molecular flexibility index (Phi) is 5.03. The highest BCUT2D eigenvalue weighted by molar-refractivity contribution is 9.10. The molecule has 28 heavy (non-hydrogen) atoms. The van der Waals surface area contributed by atoms with Crippen LogP contribution >= 0.6 is 27.7 Å². The first-order valence-corrected chi connectivity index (χ1v) is 10.1. The van der Waals surface area contributed by atoms with Crippen LogP contribution in [-0.2, 0) is 4.79 Å². The predicted molar refractivity (Wildman–Crippen MR) is 111 cm³/mol. The molecule has 4 aromatic rings. The highest BCUT2D eigenvalue weighted by atomic mass is 79.9. The number of aryl methyl sites for hydroxylation is 1. The molecule has 0 aliphatic heterocycles. The van der Waals surface area contributed by atoms with Crippen molar-refractivity contribution in [2.45, 2.75) is 24.3 Å². The van der Waals surface area contributed by atoms with Gasteiger partial charge in [-0.05, 0) is 44.2 Å². The van der Waals surface area contributed by atoms with Crippen molar-refractivity contribution in [2.24, 2.45) is 0 Å². The summed E-state index contributed by atoms with van der Waals surface area (Å²) in [4.78, 5) is 21.7. The second kappa shape index (κ2) is 7.48. The van der Waals surface area contributed by atoms with E-state index in [2.05, 4.69) is 36.3 Å². The van der Waals surface area contributed by atoms with Crippen LogP contribution in [0.15, 0.2) is 52.1 Å². The lowest BCUT2D eigenvalue weighted by molar-refractivity contribution is -0.115. The molecule has 2 heterocycles. The smallest absolute Gasteiger partial charge is 0.237 e. The van der Waals surface area contributed by atoms with E-state index in [9.17, 15) is 9.18 Å². The minimum absolute atomic E-state index is 0.133. The number of halogens is 2. The predicted octanol–water partition coefficient (Wildman–Crippen LogP) is 4.61. The molecule has 1 amide bonds. The number of carbonyl (C=O) groups excluding carboxylic acids is 1. The largest absolute Gasteiger partial charge is 0.323 e. The molecule has 0 aliphatic rings. The maximum absolute atomic E-state index is 14.0. The molecule has 2 aromatic heterocycles. The number of fused-ring (bicyclic) bond motifs is 3. The second-order valence-electron chi connectivity index (χ2n) is 6.18. The quantitative estimate of drug-likeness (QED) is 0.356. The molecule has 1 unspecified atom stereocenters. The fraction of sp³-hybridized carbons (Fsp3) is 0.158. The van der Waals surface area contributed by atoms with Crippen molar-refractivity contribution in [1.82, 2.24) is 19.6 Å². The maximum atomic E-state index is 14.0. The summed E-state index contributed by atoms with van der Waals surface area (Å²) >= 11 is 4.44. The van der Waals surface area contributed by atoms with Gasteiger partial charge in [0.1, 0.15) is 11.6 Å².